The minimum atomic E-state index is -4.75. The Bertz CT molecular complexity index is 1320. The van der Waals surface area contributed by atoms with Crippen LogP contribution in [0, 0.1) is 11.7 Å². The smallest absolute Gasteiger partial charge is 0.368 e. The van der Waals surface area contributed by atoms with Crippen molar-refractivity contribution < 1.29 is 35.6 Å². The van der Waals surface area contributed by atoms with Gasteiger partial charge in [0.05, 0.1) is 10.5 Å². The molecule has 1 aliphatic carbocycles. The normalized spacial score (nSPS) is 23.5. The molecule has 1 heterocycles. The average molecular weight is 527 g/mol. The molecule has 1 saturated carbocycles. The molecule has 2 fully saturated rings. The zero-order chi connectivity index (χ0) is 26.6. The lowest BCUT2D eigenvalue weighted by atomic mass is 9.73. The van der Waals surface area contributed by atoms with Gasteiger partial charge in [-0.15, -0.1) is 0 Å². The van der Waals surface area contributed by atoms with Gasteiger partial charge in [-0.25, -0.2) is 12.8 Å². The topological polar surface area (TPSA) is 97.5 Å². The van der Waals surface area contributed by atoms with E-state index in [-0.39, 0.29) is 28.4 Å². The van der Waals surface area contributed by atoms with Gasteiger partial charge in [0, 0.05) is 23.8 Å². The zero-order valence-electron chi connectivity index (χ0n) is 19.7. The van der Waals surface area contributed by atoms with Crippen molar-refractivity contribution in [3.8, 4) is 0 Å². The first-order chi connectivity index (χ1) is 16.7. The number of benzene rings is 2. The molecule has 0 radical (unpaired) electrons. The van der Waals surface area contributed by atoms with E-state index in [4.69, 9.17) is 5.73 Å². The van der Waals surface area contributed by atoms with Crippen LogP contribution < -0.4 is 5.73 Å². The summed E-state index contributed by atoms with van der Waals surface area (Å²) in [6.07, 6.45) is -2.10. The lowest BCUT2D eigenvalue weighted by Gasteiger charge is -2.44. The number of hydrogen-bond acceptors (Lipinski definition) is 4. The molecule has 2 aromatic rings. The zero-order valence-corrected chi connectivity index (χ0v) is 20.5. The number of alkyl halides is 3. The molecular weight excluding hydrogens is 500 g/mol. The third kappa shape index (κ3) is 4.49. The van der Waals surface area contributed by atoms with Gasteiger partial charge in [0.2, 0.25) is 5.91 Å². The lowest BCUT2D eigenvalue weighted by molar-refractivity contribution is -0.138. The van der Waals surface area contributed by atoms with Crippen LogP contribution >= 0.6 is 0 Å². The van der Waals surface area contributed by atoms with Crippen molar-refractivity contribution >= 4 is 21.7 Å². The second-order valence-electron chi connectivity index (χ2n) is 9.70. The number of carbonyl (C=O) groups is 2. The number of rotatable bonds is 6. The minimum absolute atomic E-state index is 0.0136. The third-order valence-electron chi connectivity index (χ3n) is 7.24. The molecule has 11 heteroatoms. The van der Waals surface area contributed by atoms with Crippen LogP contribution in [0.1, 0.15) is 60.0 Å². The Morgan fingerprint density at radius 1 is 1.11 bits per heavy atom. The summed E-state index contributed by atoms with van der Waals surface area (Å²) in [4.78, 5) is 28.1. The van der Waals surface area contributed by atoms with Crippen LogP contribution in [0.3, 0.4) is 0 Å². The first-order valence-electron chi connectivity index (χ1n) is 11.5. The van der Waals surface area contributed by atoms with Gasteiger partial charge in [0.1, 0.15) is 11.4 Å². The Morgan fingerprint density at radius 3 is 2.31 bits per heavy atom. The van der Waals surface area contributed by atoms with Crippen molar-refractivity contribution in [3.63, 3.8) is 0 Å². The van der Waals surface area contributed by atoms with Crippen molar-refractivity contribution in [1.29, 1.82) is 0 Å². The third-order valence-corrected chi connectivity index (χ3v) is 8.35. The lowest BCUT2D eigenvalue weighted by Crippen LogP contribution is -2.61. The molecule has 0 bridgehead atoms. The first-order valence-corrected chi connectivity index (χ1v) is 13.4. The fourth-order valence-electron chi connectivity index (χ4n) is 5.44. The summed E-state index contributed by atoms with van der Waals surface area (Å²) >= 11 is 0. The van der Waals surface area contributed by atoms with E-state index >= 15 is 4.39 Å². The predicted octanol–water partition coefficient (Wildman–Crippen LogP) is 4.29. The summed E-state index contributed by atoms with van der Waals surface area (Å²) in [6, 6.07) is 7.06. The fourth-order valence-corrected chi connectivity index (χ4v) is 6.11. The highest BCUT2D eigenvalue weighted by Gasteiger charge is 2.60. The fraction of sp³-hybridized carbons (Fsp3) is 0.440. The summed E-state index contributed by atoms with van der Waals surface area (Å²) in [5.74, 6) is -3.86. The van der Waals surface area contributed by atoms with Gasteiger partial charge < -0.3 is 10.6 Å². The number of likely N-dealkylation sites (tertiary alicyclic amines) is 1. The van der Waals surface area contributed by atoms with Crippen LogP contribution in [0.4, 0.5) is 17.6 Å². The summed E-state index contributed by atoms with van der Waals surface area (Å²) in [6.45, 7) is 1.70. The largest absolute Gasteiger partial charge is 0.416 e. The van der Waals surface area contributed by atoms with E-state index in [1.807, 2.05) is 0 Å². The number of halogens is 4. The molecule has 4 rings (SSSR count). The number of nitrogens with two attached hydrogens (primary N) is 1. The standard InChI is InChI=1S/C25H26F4N2O4S/c1-14-10-11-24(23(30)33,31(14)22(32)16-4-3-5-18(12-16)36(2,34)35)21(15-6-7-15)19-9-8-17(13-20(19)26)25(27,28)29/h3-5,8-9,12-15,21H,6-7,10-11H2,1-2H3,(H2,30,33)/t14?,21-,24-/m1/s1. The Balaban J connectivity index is 1.86. The van der Waals surface area contributed by atoms with E-state index in [0.717, 1.165) is 18.4 Å². The maximum atomic E-state index is 15.2. The second kappa shape index (κ2) is 8.86. The van der Waals surface area contributed by atoms with Crippen molar-refractivity contribution in [1.82, 2.24) is 4.90 Å². The molecule has 1 saturated heterocycles. The highest BCUT2D eigenvalue weighted by Crippen LogP contribution is 2.55. The number of carbonyl (C=O) groups excluding carboxylic acids is 2. The van der Waals surface area contributed by atoms with Crippen LogP contribution in [-0.2, 0) is 20.8 Å². The molecule has 0 spiro atoms. The highest BCUT2D eigenvalue weighted by molar-refractivity contribution is 7.90. The second-order valence-corrected chi connectivity index (χ2v) is 11.7. The van der Waals surface area contributed by atoms with Gasteiger partial charge in [-0.1, -0.05) is 12.1 Å². The van der Waals surface area contributed by atoms with Gasteiger partial charge in [-0.3, -0.25) is 9.59 Å². The molecule has 0 aromatic heterocycles. The maximum Gasteiger partial charge on any atom is 0.416 e. The Morgan fingerprint density at radius 2 is 1.78 bits per heavy atom. The number of hydrogen-bond donors (Lipinski definition) is 1. The quantitative estimate of drug-likeness (QED) is 0.568. The van der Waals surface area contributed by atoms with Gasteiger partial charge in [0.15, 0.2) is 9.84 Å². The minimum Gasteiger partial charge on any atom is -0.368 e. The van der Waals surface area contributed by atoms with Crippen molar-refractivity contribution in [2.45, 2.75) is 61.2 Å². The number of primary amides is 1. The van der Waals surface area contributed by atoms with E-state index in [1.165, 1.54) is 29.2 Å². The molecule has 6 nitrogen and oxygen atoms in total. The van der Waals surface area contributed by atoms with Gasteiger partial charge in [-0.05, 0) is 74.4 Å². The average Bonchev–Trinajstić information content (AvgIpc) is 3.55. The summed E-state index contributed by atoms with van der Waals surface area (Å²) < 4.78 is 78.8. The van der Waals surface area contributed by atoms with E-state index in [1.54, 1.807) is 6.92 Å². The first kappa shape index (κ1) is 26.1. The number of sulfone groups is 1. The van der Waals surface area contributed by atoms with Crippen LogP contribution in [0.15, 0.2) is 47.4 Å². The van der Waals surface area contributed by atoms with Crippen molar-refractivity contribution in [2.24, 2.45) is 11.7 Å². The summed E-state index contributed by atoms with van der Waals surface area (Å²) in [5, 5.41) is 0. The Labute approximate surface area is 206 Å². The molecular formula is C25H26F4N2O4S. The maximum absolute atomic E-state index is 15.2. The molecule has 36 heavy (non-hydrogen) atoms. The number of nitrogens with zero attached hydrogens (tertiary/aromatic N) is 1. The van der Waals surface area contributed by atoms with Crippen LogP contribution in [-0.4, -0.2) is 43.0 Å². The molecule has 1 aliphatic heterocycles. The van der Waals surface area contributed by atoms with Crippen molar-refractivity contribution in [3.05, 3.63) is 65.0 Å². The Hall–Kier alpha value is -2.95. The Kier molecular flexibility index (Phi) is 6.43. The molecule has 2 amide bonds. The van der Waals surface area contributed by atoms with Gasteiger partial charge in [-0.2, -0.15) is 13.2 Å². The van der Waals surface area contributed by atoms with Crippen LogP contribution in [0.2, 0.25) is 0 Å². The van der Waals surface area contributed by atoms with Crippen LogP contribution in [0.25, 0.3) is 0 Å². The molecule has 3 atom stereocenters. The molecule has 1 unspecified atom stereocenters. The van der Waals surface area contributed by atoms with E-state index in [0.29, 0.717) is 25.3 Å². The number of amides is 2. The van der Waals surface area contributed by atoms with E-state index < -0.39 is 56.7 Å². The SMILES string of the molecule is CC1CC[C@](C(N)=O)([C@@H](c2ccc(C(F)(F)F)cc2F)C2CC2)N1C(=O)c1cccc(S(C)(=O)=O)c1. The van der Waals surface area contributed by atoms with Crippen molar-refractivity contribution in [2.75, 3.05) is 6.26 Å². The van der Waals surface area contributed by atoms with E-state index in [2.05, 4.69) is 0 Å². The summed E-state index contributed by atoms with van der Waals surface area (Å²) in [7, 11) is -3.63. The molecule has 2 aliphatic rings. The van der Waals surface area contributed by atoms with Gasteiger partial charge in [0.25, 0.3) is 5.91 Å². The molecule has 2 N–H and O–H groups in total. The predicted molar refractivity (Wildman–Crippen MR) is 123 cm³/mol. The highest BCUT2D eigenvalue weighted by atomic mass is 32.2. The molecule has 2 aromatic carbocycles. The monoisotopic (exact) mass is 526 g/mol. The van der Waals surface area contributed by atoms with Crippen LogP contribution in [0.5, 0.6) is 0 Å². The van der Waals surface area contributed by atoms with E-state index in [9.17, 15) is 31.2 Å². The molecule has 194 valence electrons. The van der Waals surface area contributed by atoms with Gasteiger partial charge >= 0.3 is 6.18 Å². The summed E-state index contributed by atoms with van der Waals surface area (Å²) in [5.41, 5.74) is 2.99.